The molecular formula is C8H12N2O. The van der Waals surface area contributed by atoms with Gasteiger partial charge in [0.1, 0.15) is 5.76 Å². The van der Waals surface area contributed by atoms with E-state index in [2.05, 4.69) is 5.16 Å². The molecule has 0 amide bonds. The van der Waals surface area contributed by atoms with Gasteiger partial charge in [-0.15, -0.1) is 0 Å². The van der Waals surface area contributed by atoms with Crippen molar-refractivity contribution < 1.29 is 4.52 Å². The predicted molar refractivity (Wildman–Crippen MR) is 41.1 cm³/mol. The minimum absolute atomic E-state index is 0.607. The second-order valence-electron chi connectivity index (χ2n) is 3.12. The van der Waals surface area contributed by atoms with Gasteiger partial charge in [0.25, 0.3) is 0 Å². The lowest BCUT2D eigenvalue weighted by Gasteiger charge is -2.17. The Morgan fingerprint density at radius 2 is 2.64 bits per heavy atom. The van der Waals surface area contributed by atoms with Crippen LogP contribution >= 0.6 is 0 Å². The molecule has 1 aliphatic rings. The van der Waals surface area contributed by atoms with Crippen molar-refractivity contribution in [1.29, 1.82) is 0 Å². The highest BCUT2D eigenvalue weighted by Crippen LogP contribution is 2.23. The maximum absolute atomic E-state index is 5.57. The fourth-order valence-corrected chi connectivity index (χ4v) is 1.58. The molecule has 1 aromatic rings. The first-order valence-electron chi connectivity index (χ1n) is 4.02. The predicted octanol–water partition coefficient (Wildman–Crippen LogP) is 0.738. The summed E-state index contributed by atoms with van der Waals surface area (Å²) < 4.78 is 5.08. The summed E-state index contributed by atoms with van der Waals surface area (Å²) in [6.07, 6.45) is 5.07. The molecule has 60 valence electrons. The van der Waals surface area contributed by atoms with Crippen LogP contribution in [0.1, 0.15) is 17.7 Å². The van der Waals surface area contributed by atoms with E-state index >= 15 is 0 Å². The van der Waals surface area contributed by atoms with Crippen LogP contribution in [0.25, 0.3) is 0 Å². The van der Waals surface area contributed by atoms with Crippen molar-refractivity contribution in [1.82, 2.24) is 5.16 Å². The average Bonchev–Trinajstić information content (AvgIpc) is 2.50. The van der Waals surface area contributed by atoms with Crippen LogP contribution in [0.4, 0.5) is 0 Å². The number of fused-ring (bicyclic) bond motifs is 1. The van der Waals surface area contributed by atoms with Gasteiger partial charge in [-0.05, 0) is 25.3 Å². The number of nitrogens with zero attached hydrogens (tertiary/aromatic N) is 1. The van der Waals surface area contributed by atoms with Crippen LogP contribution in [0.5, 0.6) is 0 Å². The number of nitrogens with two attached hydrogens (primary N) is 1. The van der Waals surface area contributed by atoms with Gasteiger partial charge in [-0.1, -0.05) is 5.16 Å². The van der Waals surface area contributed by atoms with Gasteiger partial charge in [-0.2, -0.15) is 0 Å². The molecule has 11 heavy (non-hydrogen) atoms. The third kappa shape index (κ3) is 1.16. The van der Waals surface area contributed by atoms with Crippen molar-refractivity contribution in [2.24, 2.45) is 11.7 Å². The first-order chi connectivity index (χ1) is 5.40. The molecule has 3 nitrogen and oxygen atoms in total. The standard InChI is InChI=1S/C8H12N2O/c9-4-6-1-2-7-5-10-11-8(7)3-6/h5-6H,1-4,9H2/t6-/m0/s1. The molecule has 1 aliphatic carbocycles. The molecule has 0 spiro atoms. The molecule has 0 saturated carbocycles. The number of aryl methyl sites for hydroxylation is 1. The lowest BCUT2D eigenvalue weighted by Crippen LogP contribution is -2.21. The first-order valence-corrected chi connectivity index (χ1v) is 4.02. The average molecular weight is 152 g/mol. The summed E-state index contributed by atoms with van der Waals surface area (Å²) in [4.78, 5) is 0. The van der Waals surface area contributed by atoms with Crippen LogP contribution in [0, 0.1) is 5.92 Å². The Labute approximate surface area is 65.6 Å². The van der Waals surface area contributed by atoms with Crippen LogP contribution in [0.15, 0.2) is 10.7 Å². The summed E-state index contributed by atoms with van der Waals surface area (Å²) in [6.45, 7) is 0.764. The Balaban J connectivity index is 2.18. The zero-order valence-corrected chi connectivity index (χ0v) is 6.42. The maximum atomic E-state index is 5.57. The maximum Gasteiger partial charge on any atom is 0.140 e. The number of aromatic nitrogens is 1. The lowest BCUT2D eigenvalue weighted by atomic mass is 9.89. The van der Waals surface area contributed by atoms with Gasteiger partial charge in [0.2, 0.25) is 0 Å². The third-order valence-corrected chi connectivity index (χ3v) is 2.36. The molecule has 2 N–H and O–H groups in total. The fraction of sp³-hybridized carbons (Fsp3) is 0.625. The van der Waals surface area contributed by atoms with E-state index in [1.165, 1.54) is 12.0 Å². The smallest absolute Gasteiger partial charge is 0.140 e. The van der Waals surface area contributed by atoms with Crippen molar-refractivity contribution in [3.8, 4) is 0 Å². The molecule has 0 saturated heterocycles. The normalized spacial score (nSPS) is 23.2. The van der Waals surface area contributed by atoms with Crippen LogP contribution < -0.4 is 5.73 Å². The van der Waals surface area contributed by atoms with Crippen molar-refractivity contribution in [2.75, 3.05) is 6.54 Å². The third-order valence-electron chi connectivity index (χ3n) is 2.36. The molecule has 2 rings (SSSR count). The van der Waals surface area contributed by atoms with Crippen LogP contribution in [0.3, 0.4) is 0 Å². The van der Waals surface area contributed by atoms with E-state index in [1.54, 1.807) is 0 Å². The zero-order chi connectivity index (χ0) is 7.68. The number of hydrogen-bond acceptors (Lipinski definition) is 3. The van der Waals surface area contributed by atoms with E-state index in [0.29, 0.717) is 5.92 Å². The molecule has 0 fully saturated rings. The van der Waals surface area contributed by atoms with E-state index in [0.717, 1.165) is 25.1 Å². The second kappa shape index (κ2) is 2.66. The topological polar surface area (TPSA) is 52.0 Å². The Hall–Kier alpha value is -0.830. The summed E-state index contributed by atoms with van der Waals surface area (Å²) >= 11 is 0. The van der Waals surface area contributed by atoms with Gasteiger partial charge < -0.3 is 10.3 Å². The minimum Gasteiger partial charge on any atom is -0.361 e. The van der Waals surface area contributed by atoms with Crippen molar-refractivity contribution in [3.63, 3.8) is 0 Å². The van der Waals surface area contributed by atoms with E-state index in [9.17, 15) is 0 Å². The highest BCUT2D eigenvalue weighted by Gasteiger charge is 2.20. The summed E-state index contributed by atoms with van der Waals surface area (Å²) in [5.41, 5.74) is 6.84. The largest absolute Gasteiger partial charge is 0.361 e. The molecule has 0 aromatic carbocycles. The molecule has 0 bridgehead atoms. The quantitative estimate of drug-likeness (QED) is 0.645. The van der Waals surface area contributed by atoms with Gasteiger partial charge in [0, 0.05) is 12.0 Å². The van der Waals surface area contributed by atoms with E-state index in [4.69, 9.17) is 10.3 Å². The van der Waals surface area contributed by atoms with Gasteiger partial charge >= 0.3 is 0 Å². The lowest BCUT2D eigenvalue weighted by molar-refractivity contribution is 0.339. The van der Waals surface area contributed by atoms with Gasteiger partial charge in [0.15, 0.2) is 0 Å². The Morgan fingerprint density at radius 1 is 1.73 bits per heavy atom. The Bertz CT molecular complexity index is 244. The zero-order valence-electron chi connectivity index (χ0n) is 6.42. The highest BCUT2D eigenvalue weighted by molar-refractivity contribution is 5.17. The van der Waals surface area contributed by atoms with Crippen LogP contribution in [0.2, 0.25) is 0 Å². The van der Waals surface area contributed by atoms with Crippen molar-refractivity contribution in [2.45, 2.75) is 19.3 Å². The van der Waals surface area contributed by atoms with E-state index < -0.39 is 0 Å². The van der Waals surface area contributed by atoms with Gasteiger partial charge in [-0.25, -0.2) is 0 Å². The summed E-state index contributed by atoms with van der Waals surface area (Å²) in [5.74, 6) is 1.65. The van der Waals surface area contributed by atoms with Crippen LogP contribution in [-0.2, 0) is 12.8 Å². The molecule has 1 heterocycles. The fourth-order valence-electron chi connectivity index (χ4n) is 1.58. The molecule has 0 radical (unpaired) electrons. The van der Waals surface area contributed by atoms with Crippen molar-refractivity contribution >= 4 is 0 Å². The van der Waals surface area contributed by atoms with Crippen molar-refractivity contribution in [3.05, 3.63) is 17.5 Å². The summed E-state index contributed by atoms with van der Waals surface area (Å²) in [7, 11) is 0. The molecule has 1 aromatic heterocycles. The Kier molecular flexibility index (Phi) is 1.66. The second-order valence-corrected chi connectivity index (χ2v) is 3.12. The van der Waals surface area contributed by atoms with Gasteiger partial charge in [0.05, 0.1) is 6.20 Å². The number of hydrogen-bond donors (Lipinski definition) is 1. The molecule has 0 aliphatic heterocycles. The van der Waals surface area contributed by atoms with Gasteiger partial charge in [-0.3, -0.25) is 0 Å². The molecular weight excluding hydrogens is 140 g/mol. The molecule has 0 unspecified atom stereocenters. The summed E-state index contributed by atoms with van der Waals surface area (Å²) in [5, 5.41) is 3.76. The van der Waals surface area contributed by atoms with E-state index in [1.807, 2.05) is 6.20 Å². The SMILES string of the molecule is NC[C@H]1CCc2cnoc2C1. The summed E-state index contributed by atoms with van der Waals surface area (Å²) in [6, 6.07) is 0. The van der Waals surface area contributed by atoms with Crippen LogP contribution in [-0.4, -0.2) is 11.7 Å². The highest BCUT2D eigenvalue weighted by atomic mass is 16.5. The number of rotatable bonds is 1. The monoisotopic (exact) mass is 152 g/mol. The minimum atomic E-state index is 0.607. The molecule has 1 atom stereocenters. The van der Waals surface area contributed by atoms with E-state index in [-0.39, 0.29) is 0 Å². The molecule has 3 heteroatoms. The first kappa shape index (κ1) is 6.85. The Morgan fingerprint density at radius 3 is 3.45 bits per heavy atom.